The zero-order chi connectivity index (χ0) is 57.6. The number of aliphatic hydroxyl groups excluding tert-OH is 7. The van der Waals surface area contributed by atoms with Crippen LogP contribution in [0.25, 0.3) is 0 Å². The van der Waals surface area contributed by atoms with E-state index in [2.05, 4.69) is 0 Å². The van der Waals surface area contributed by atoms with Crippen molar-refractivity contribution in [3.63, 3.8) is 0 Å². The van der Waals surface area contributed by atoms with Gasteiger partial charge in [0.25, 0.3) is 0 Å². The predicted molar refractivity (Wildman–Crippen MR) is 281 cm³/mol. The van der Waals surface area contributed by atoms with Crippen molar-refractivity contribution in [2.45, 2.75) is 236 Å². The van der Waals surface area contributed by atoms with Crippen LogP contribution in [-0.4, -0.2) is 213 Å². The van der Waals surface area contributed by atoms with Crippen molar-refractivity contribution >= 4 is 38.8 Å². The van der Waals surface area contributed by atoms with Gasteiger partial charge in [-0.05, 0) is 78.1 Å². The number of β-amino-alcohol motifs (C(OH)–C–C–N with tert-alkyl or cyclic N) is 1. The monoisotopic (exact) mass is 1160 g/mol. The molecule has 0 spiro atoms. The number of hydrogen-bond acceptors (Lipinski definition) is 21. The molecule has 4 saturated heterocycles. The molecule has 0 aromatic rings. The van der Waals surface area contributed by atoms with E-state index in [4.69, 9.17) is 37.0 Å². The number of unbranched alkanes of at least 4 members (excludes halogenated alkanes) is 8. The number of ketones is 2. The molecule has 4 rings (SSSR count). The minimum atomic E-state index is -4.76. The third-order valence-corrected chi connectivity index (χ3v) is 17.3. The number of nitrogens with zero attached hydrogens (tertiary/aromatic N) is 2. The lowest BCUT2D eigenvalue weighted by Crippen LogP contribution is -2.55. The summed E-state index contributed by atoms with van der Waals surface area (Å²) in [6.45, 7) is 7.21. The maximum atomic E-state index is 13.6. The fourth-order valence-electron chi connectivity index (χ4n) is 10.3. The molecular formula is C52H94N2O22P2. The van der Waals surface area contributed by atoms with Gasteiger partial charge in [-0.3, -0.25) is 32.8 Å². The van der Waals surface area contributed by atoms with Crippen molar-refractivity contribution in [1.82, 2.24) is 9.80 Å². The lowest BCUT2D eigenvalue weighted by molar-refractivity contribution is -0.282. The highest BCUT2D eigenvalue weighted by Crippen LogP contribution is 2.49. The molecule has 16 atom stereocenters. The summed E-state index contributed by atoms with van der Waals surface area (Å²) >= 11 is 0. The van der Waals surface area contributed by atoms with E-state index in [-0.39, 0.29) is 82.0 Å². The molecule has 4 aliphatic rings. The van der Waals surface area contributed by atoms with E-state index in [0.29, 0.717) is 103 Å². The van der Waals surface area contributed by atoms with Gasteiger partial charge in [-0.15, -0.1) is 0 Å². The summed E-state index contributed by atoms with van der Waals surface area (Å²) in [6, 6.07) is -1.35. The smallest absolute Gasteiger partial charge is 0.394 e. The van der Waals surface area contributed by atoms with Gasteiger partial charge in [0.05, 0.1) is 69.0 Å². The molecule has 0 aromatic carbocycles. The van der Waals surface area contributed by atoms with E-state index < -0.39 is 120 Å². The quantitative estimate of drug-likeness (QED) is 0.0323. The van der Waals surface area contributed by atoms with Crippen molar-refractivity contribution in [2.75, 3.05) is 59.4 Å². The van der Waals surface area contributed by atoms with Crippen molar-refractivity contribution in [1.29, 1.82) is 0 Å². The van der Waals surface area contributed by atoms with Gasteiger partial charge in [0.2, 0.25) is 11.8 Å². The van der Waals surface area contributed by atoms with Crippen LogP contribution in [0, 0.1) is 11.8 Å². The Morgan fingerprint density at radius 3 is 1.44 bits per heavy atom. The average molecular weight is 1160 g/mol. The first kappa shape index (κ1) is 68.6. The first-order chi connectivity index (χ1) is 36.9. The second-order valence-electron chi connectivity index (χ2n) is 21.9. The van der Waals surface area contributed by atoms with Gasteiger partial charge < -0.3 is 78.4 Å². The van der Waals surface area contributed by atoms with Crippen LogP contribution >= 0.6 is 15.4 Å². The minimum Gasteiger partial charge on any atom is -0.394 e. The van der Waals surface area contributed by atoms with Crippen LogP contribution in [0.15, 0.2) is 0 Å². The summed E-state index contributed by atoms with van der Waals surface area (Å²) in [4.78, 5) is 65.7. The third-order valence-electron chi connectivity index (χ3n) is 14.9. The van der Waals surface area contributed by atoms with E-state index in [9.17, 15) is 68.9 Å². The molecule has 0 saturated carbocycles. The van der Waals surface area contributed by atoms with E-state index in [0.717, 1.165) is 6.42 Å². The van der Waals surface area contributed by atoms with Crippen LogP contribution in [0.1, 0.15) is 156 Å². The number of phosphoric acid groups is 1. The van der Waals surface area contributed by atoms with Gasteiger partial charge in [-0.2, -0.15) is 0 Å². The highest BCUT2D eigenvalue weighted by atomic mass is 31.2. The number of aliphatic hydroxyl groups is 7. The van der Waals surface area contributed by atoms with E-state index in [1.807, 2.05) is 0 Å². The minimum absolute atomic E-state index is 0.0367. The van der Waals surface area contributed by atoms with Crippen LogP contribution in [0.4, 0.5) is 0 Å². The van der Waals surface area contributed by atoms with E-state index in [1.165, 1.54) is 16.5 Å². The molecule has 8 N–H and O–H groups in total. The Bertz CT molecular complexity index is 1900. The summed E-state index contributed by atoms with van der Waals surface area (Å²) in [7, 11) is -8.28. The van der Waals surface area contributed by atoms with Crippen LogP contribution in [0.3, 0.4) is 0 Å². The lowest BCUT2D eigenvalue weighted by Gasteiger charge is -2.40. The van der Waals surface area contributed by atoms with Crippen molar-refractivity contribution in [3.05, 3.63) is 0 Å². The first-order valence-electron chi connectivity index (χ1n) is 28.3. The van der Waals surface area contributed by atoms with E-state index >= 15 is 0 Å². The molecule has 2 amide bonds. The topological polar surface area (TPSA) is 345 Å². The number of carbonyl (C=O) groups excluding carboxylic acids is 4. The third kappa shape index (κ3) is 23.4. The first-order valence-corrected chi connectivity index (χ1v) is 31.8. The summed E-state index contributed by atoms with van der Waals surface area (Å²) in [6.07, 6.45) is -0.559. The summed E-state index contributed by atoms with van der Waals surface area (Å²) < 4.78 is 71.1. The zero-order valence-corrected chi connectivity index (χ0v) is 48.3. The SMILES string of the molecule is CC(C)OP(C)(=O)OC[C@@H]1C[C@@H](OP(=O)(O)OC[C@@H]2C[C@@H](O)CN2C(=O)CCCCCCC(=O)CCCCOC2OC(CO)C(O)C(O)C2C)CN1C(=O)CCCCCCC(=O)CCCCOC1OC(CO)C(O)C(O)C1C. The summed E-state index contributed by atoms with van der Waals surface area (Å²) in [5.74, 6) is -1.26. The normalized spacial score (nSPS) is 31.2. The van der Waals surface area contributed by atoms with Gasteiger partial charge in [0.15, 0.2) is 12.6 Å². The molecular weight excluding hydrogens is 1070 g/mol. The predicted octanol–water partition coefficient (Wildman–Crippen LogP) is 3.66. The van der Waals surface area contributed by atoms with Gasteiger partial charge >= 0.3 is 15.4 Å². The fraction of sp³-hybridized carbons (Fsp3) is 0.923. The standard InChI is InChI=1S/C52H94N2O22P2/c1-34(2)75-77(5,66)71-32-38-27-42(29-54(38)46(61)23-13-9-7-11-19-40(58)21-15-17-25-70-52-36(4)48(63)50(65)44(31-56)74-52)76-78(67,68)72-33-37-26-41(59)28-53(37)45(60)22-12-8-6-10-18-39(57)20-14-16-24-69-51-35(3)47(62)49(64)43(30-55)73-51/h34-38,41-44,47-52,55-56,59,62-65H,6-33H2,1-5H3,(H,67,68)/t35?,36?,37-,38-,41+,42+,43?,44?,47?,48?,49?,50?,51?,52?,77?/m0/s1. The van der Waals surface area contributed by atoms with Crippen molar-refractivity contribution in [2.24, 2.45) is 11.8 Å². The van der Waals surface area contributed by atoms with Crippen LogP contribution < -0.4 is 0 Å². The molecule has 4 aliphatic heterocycles. The highest BCUT2D eigenvalue weighted by molar-refractivity contribution is 7.53. The number of hydrogen-bond donors (Lipinski definition) is 8. The molecule has 0 aliphatic carbocycles. The summed E-state index contributed by atoms with van der Waals surface area (Å²) in [5, 5.41) is 69.7. The Morgan fingerprint density at radius 1 is 0.577 bits per heavy atom. The maximum Gasteiger partial charge on any atom is 0.472 e. The summed E-state index contributed by atoms with van der Waals surface area (Å²) in [5.41, 5.74) is 0. The lowest BCUT2D eigenvalue weighted by atomic mass is 9.92. The zero-order valence-electron chi connectivity index (χ0n) is 46.5. The Labute approximate surface area is 460 Å². The van der Waals surface area contributed by atoms with Crippen LogP contribution in [0.5, 0.6) is 0 Å². The molecule has 0 radical (unpaired) electrons. The molecule has 454 valence electrons. The number of likely N-dealkylation sites (tertiary alicyclic amines) is 2. The van der Waals surface area contributed by atoms with Gasteiger partial charge in [0, 0.05) is 83.3 Å². The molecule has 4 fully saturated rings. The van der Waals surface area contributed by atoms with Gasteiger partial charge in [-0.1, -0.05) is 39.5 Å². The largest absolute Gasteiger partial charge is 0.472 e. The number of phosphoric ester groups is 1. The van der Waals surface area contributed by atoms with Gasteiger partial charge in [-0.25, -0.2) is 4.57 Å². The van der Waals surface area contributed by atoms with Crippen molar-refractivity contribution in [3.8, 4) is 0 Å². The van der Waals surface area contributed by atoms with E-state index in [1.54, 1.807) is 27.7 Å². The Balaban J connectivity index is 1.12. The fourth-order valence-corrected chi connectivity index (χ4v) is 12.5. The van der Waals surface area contributed by atoms with Crippen LogP contribution in [0.2, 0.25) is 0 Å². The van der Waals surface area contributed by atoms with Gasteiger partial charge in [0.1, 0.15) is 36.0 Å². The highest BCUT2D eigenvalue weighted by Gasteiger charge is 2.45. The molecule has 0 aromatic heterocycles. The molecule has 24 nitrogen and oxygen atoms in total. The Morgan fingerprint density at radius 2 is 0.987 bits per heavy atom. The molecule has 26 heteroatoms. The molecule has 0 bridgehead atoms. The number of amides is 2. The average Bonchev–Trinajstić information content (AvgIpc) is 3.98. The molecule has 12 unspecified atom stereocenters. The second kappa shape index (κ2) is 34.6. The molecule has 78 heavy (non-hydrogen) atoms. The molecule has 4 heterocycles. The number of ether oxygens (including phenoxy) is 4. The van der Waals surface area contributed by atoms with Crippen LogP contribution in [-0.2, 0) is 65.4 Å². The van der Waals surface area contributed by atoms with Crippen molar-refractivity contribution < 1.29 is 106 Å². The number of Topliss-reactive ketones (excluding diaryl/α,β-unsaturated/α-hetero) is 2. The maximum absolute atomic E-state index is 13.6. The Hall–Kier alpha value is -1.90. The Kier molecular flexibility index (Phi) is 30.5. The second-order valence-corrected chi connectivity index (χ2v) is 25.3. The number of rotatable bonds is 38. The number of carbonyl (C=O) groups is 4.